The van der Waals surface area contributed by atoms with Gasteiger partial charge >= 0.3 is 0 Å². The molecule has 2 aliphatic heterocycles. The molecule has 21 heavy (non-hydrogen) atoms. The minimum absolute atomic E-state index is 0.788. The van der Waals surface area contributed by atoms with Gasteiger partial charge in [-0.2, -0.15) is 0 Å². The third kappa shape index (κ3) is 2.32. The lowest BCUT2D eigenvalue weighted by Gasteiger charge is -2.28. The molecule has 0 bridgehead atoms. The predicted molar refractivity (Wildman–Crippen MR) is 85.1 cm³/mol. The first-order valence-electron chi connectivity index (χ1n) is 7.47. The third-order valence-electron chi connectivity index (χ3n) is 4.14. The van der Waals surface area contributed by atoms with Crippen LogP contribution in [-0.2, 0) is 6.54 Å². The zero-order valence-corrected chi connectivity index (χ0v) is 11.9. The molecule has 2 aromatic rings. The molecule has 1 aromatic heterocycles. The van der Waals surface area contributed by atoms with Crippen LogP contribution in [-0.4, -0.2) is 36.9 Å². The molecule has 0 saturated carbocycles. The fraction of sp³-hybridized carbons (Fsp3) is 0.294. The zero-order chi connectivity index (χ0) is 14.1. The number of anilines is 1. The number of aromatic nitrogens is 1. The van der Waals surface area contributed by atoms with Gasteiger partial charge < -0.3 is 10.2 Å². The smallest absolute Gasteiger partial charge is 0.129 e. The summed E-state index contributed by atoms with van der Waals surface area (Å²) in [5.74, 6) is 1.06. The molecule has 4 rings (SSSR count). The Hall–Kier alpha value is -2.20. The van der Waals surface area contributed by atoms with Crippen LogP contribution < -0.4 is 10.2 Å². The maximum absolute atomic E-state index is 4.72. The van der Waals surface area contributed by atoms with Gasteiger partial charge in [0.05, 0.1) is 12.3 Å². The fourth-order valence-corrected chi connectivity index (χ4v) is 3.02. The lowest BCUT2D eigenvalue weighted by atomic mass is 10.0. The monoisotopic (exact) mass is 278 g/mol. The Kier molecular flexibility index (Phi) is 3.16. The third-order valence-corrected chi connectivity index (χ3v) is 4.14. The van der Waals surface area contributed by atoms with Crippen molar-refractivity contribution in [3.05, 3.63) is 59.3 Å². The highest BCUT2D eigenvalue weighted by Gasteiger charge is 2.18. The number of nitrogens with zero attached hydrogens (tertiary/aromatic N) is 3. The number of fused-ring (bicyclic) bond motifs is 1. The largest absolute Gasteiger partial charge is 0.354 e. The van der Waals surface area contributed by atoms with Crippen LogP contribution >= 0.6 is 0 Å². The molecular weight excluding hydrogens is 260 g/mol. The summed E-state index contributed by atoms with van der Waals surface area (Å²) in [6, 6.07) is 12.7. The maximum atomic E-state index is 4.72. The highest BCUT2D eigenvalue weighted by molar-refractivity contribution is 6.15. The van der Waals surface area contributed by atoms with Gasteiger partial charge in [-0.05, 0) is 17.7 Å². The van der Waals surface area contributed by atoms with E-state index in [2.05, 4.69) is 51.6 Å². The summed E-state index contributed by atoms with van der Waals surface area (Å²) in [4.78, 5) is 11.6. The average Bonchev–Trinajstić information content (AvgIpc) is 3.00. The van der Waals surface area contributed by atoms with Crippen LogP contribution in [0.2, 0.25) is 0 Å². The van der Waals surface area contributed by atoms with Crippen LogP contribution in [0.15, 0.2) is 47.6 Å². The number of piperazine rings is 1. The molecule has 3 heterocycles. The molecule has 1 aromatic carbocycles. The number of rotatable bonds is 2. The number of nitrogens with one attached hydrogen (secondary N) is 1. The standard InChI is InChI=1S/C17H18N4/c1-2-4-15-14(3-1)12-20-17(15)13-5-6-19-16(11-13)21-9-7-18-8-10-21/h1-6,11,18H,7-10,12H2. The number of benzene rings is 1. The Bertz CT molecular complexity index is 687. The van der Waals surface area contributed by atoms with Gasteiger partial charge in [0.2, 0.25) is 0 Å². The van der Waals surface area contributed by atoms with E-state index in [4.69, 9.17) is 4.99 Å². The van der Waals surface area contributed by atoms with Crippen molar-refractivity contribution in [2.45, 2.75) is 6.54 Å². The second kappa shape index (κ2) is 5.30. The van der Waals surface area contributed by atoms with Gasteiger partial charge in [0.25, 0.3) is 0 Å². The summed E-state index contributed by atoms with van der Waals surface area (Å²) in [5.41, 5.74) is 4.84. The van der Waals surface area contributed by atoms with E-state index in [1.54, 1.807) is 0 Å². The molecule has 1 saturated heterocycles. The zero-order valence-electron chi connectivity index (χ0n) is 11.9. The van der Waals surface area contributed by atoms with E-state index in [1.807, 2.05) is 6.20 Å². The van der Waals surface area contributed by atoms with Gasteiger partial charge in [0, 0.05) is 43.5 Å². The Morgan fingerprint density at radius 2 is 1.90 bits per heavy atom. The lowest BCUT2D eigenvalue weighted by Crippen LogP contribution is -2.43. The summed E-state index contributed by atoms with van der Waals surface area (Å²) < 4.78 is 0. The molecule has 0 amide bonds. The van der Waals surface area contributed by atoms with E-state index in [0.29, 0.717) is 0 Å². The normalized spacial score (nSPS) is 17.5. The molecule has 1 N–H and O–H groups in total. The van der Waals surface area contributed by atoms with Crippen molar-refractivity contribution in [3.8, 4) is 0 Å². The Balaban J connectivity index is 1.67. The maximum Gasteiger partial charge on any atom is 0.129 e. The molecule has 4 heteroatoms. The van der Waals surface area contributed by atoms with E-state index in [1.165, 1.54) is 16.7 Å². The van der Waals surface area contributed by atoms with Gasteiger partial charge in [0.1, 0.15) is 5.82 Å². The van der Waals surface area contributed by atoms with Gasteiger partial charge in [0.15, 0.2) is 0 Å². The quantitative estimate of drug-likeness (QED) is 0.911. The second-order valence-corrected chi connectivity index (χ2v) is 5.46. The molecule has 1 fully saturated rings. The summed E-state index contributed by atoms with van der Waals surface area (Å²) >= 11 is 0. The second-order valence-electron chi connectivity index (χ2n) is 5.46. The number of hydrogen-bond donors (Lipinski definition) is 1. The van der Waals surface area contributed by atoms with Crippen LogP contribution in [0.1, 0.15) is 16.7 Å². The number of aliphatic imine (C=N–C) groups is 1. The van der Waals surface area contributed by atoms with Gasteiger partial charge in [-0.15, -0.1) is 0 Å². The minimum atomic E-state index is 0.788. The number of pyridine rings is 1. The van der Waals surface area contributed by atoms with Crippen LogP contribution in [0.25, 0.3) is 0 Å². The Labute approximate surface area is 124 Å². The van der Waals surface area contributed by atoms with Crippen molar-refractivity contribution in [2.24, 2.45) is 4.99 Å². The topological polar surface area (TPSA) is 40.5 Å². The molecule has 0 unspecified atom stereocenters. The highest BCUT2D eigenvalue weighted by atomic mass is 15.2. The molecule has 0 atom stereocenters. The van der Waals surface area contributed by atoms with E-state index >= 15 is 0 Å². The fourth-order valence-electron chi connectivity index (χ4n) is 3.02. The summed E-state index contributed by atoms with van der Waals surface area (Å²) in [5, 5.41) is 3.37. The van der Waals surface area contributed by atoms with Crippen LogP contribution in [0.3, 0.4) is 0 Å². The highest BCUT2D eigenvalue weighted by Crippen LogP contribution is 2.24. The van der Waals surface area contributed by atoms with Crippen molar-refractivity contribution in [2.75, 3.05) is 31.1 Å². The molecule has 2 aliphatic rings. The minimum Gasteiger partial charge on any atom is -0.354 e. The summed E-state index contributed by atoms with van der Waals surface area (Å²) in [6.07, 6.45) is 1.90. The Morgan fingerprint density at radius 1 is 1.05 bits per heavy atom. The SMILES string of the molecule is c1ccc2c(c1)CN=C2c1ccnc(N2CCNCC2)c1. The Morgan fingerprint density at radius 3 is 2.81 bits per heavy atom. The van der Waals surface area contributed by atoms with Crippen LogP contribution in [0, 0.1) is 0 Å². The van der Waals surface area contributed by atoms with Crippen molar-refractivity contribution < 1.29 is 0 Å². The summed E-state index contributed by atoms with van der Waals surface area (Å²) in [6.45, 7) is 4.86. The molecule has 0 aliphatic carbocycles. The first-order chi connectivity index (χ1) is 10.4. The summed E-state index contributed by atoms with van der Waals surface area (Å²) in [7, 11) is 0. The van der Waals surface area contributed by atoms with Gasteiger partial charge in [-0.3, -0.25) is 4.99 Å². The van der Waals surface area contributed by atoms with E-state index in [0.717, 1.165) is 44.3 Å². The first-order valence-corrected chi connectivity index (χ1v) is 7.47. The molecule has 0 radical (unpaired) electrons. The predicted octanol–water partition coefficient (Wildman–Crippen LogP) is 1.84. The lowest BCUT2D eigenvalue weighted by molar-refractivity contribution is 0.585. The average molecular weight is 278 g/mol. The van der Waals surface area contributed by atoms with Crippen molar-refractivity contribution >= 4 is 11.5 Å². The van der Waals surface area contributed by atoms with Crippen LogP contribution in [0.5, 0.6) is 0 Å². The molecule has 4 nitrogen and oxygen atoms in total. The van der Waals surface area contributed by atoms with E-state index in [9.17, 15) is 0 Å². The van der Waals surface area contributed by atoms with Crippen LogP contribution in [0.4, 0.5) is 5.82 Å². The molecule has 0 spiro atoms. The van der Waals surface area contributed by atoms with E-state index in [-0.39, 0.29) is 0 Å². The number of hydrogen-bond acceptors (Lipinski definition) is 4. The molecular formula is C17H18N4. The first kappa shape index (κ1) is 12.5. The van der Waals surface area contributed by atoms with Crippen molar-refractivity contribution in [1.29, 1.82) is 0 Å². The van der Waals surface area contributed by atoms with Crippen molar-refractivity contribution in [3.63, 3.8) is 0 Å². The van der Waals surface area contributed by atoms with Crippen molar-refractivity contribution in [1.82, 2.24) is 10.3 Å². The molecule has 106 valence electrons. The van der Waals surface area contributed by atoms with E-state index < -0.39 is 0 Å². The van der Waals surface area contributed by atoms with Gasteiger partial charge in [-0.1, -0.05) is 24.3 Å². The van der Waals surface area contributed by atoms with Gasteiger partial charge in [-0.25, -0.2) is 4.98 Å².